The van der Waals surface area contributed by atoms with Gasteiger partial charge in [-0.15, -0.1) is 0 Å². The van der Waals surface area contributed by atoms with E-state index in [9.17, 15) is 21.6 Å². The van der Waals surface area contributed by atoms with Gasteiger partial charge in [0.2, 0.25) is 15.9 Å². The molecule has 0 aromatic heterocycles. The maximum Gasteiger partial charge on any atom is 0.262 e. The average Bonchev–Trinajstić information content (AvgIpc) is 2.85. The zero-order valence-electron chi connectivity index (χ0n) is 21.0. The van der Waals surface area contributed by atoms with Gasteiger partial charge in [0, 0.05) is 11.8 Å². The van der Waals surface area contributed by atoms with Crippen molar-refractivity contribution < 1.29 is 31.1 Å². The maximum absolute atomic E-state index is 12.9. The van der Waals surface area contributed by atoms with Gasteiger partial charge in [0.15, 0.2) is 0 Å². The third-order valence-corrected chi connectivity index (χ3v) is 8.09. The smallest absolute Gasteiger partial charge is 0.262 e. The molecular formula is C25H29N3O7S2. The summed E-state index contributed by atoms with van der Waals surface area (Å²) in [6.07, 6.45) is 1.03. The number of anilines is 3. The van der Waals surface area contributed by atoms with Crippen LogP contribution in [-0.4, -0.2) is 49.3 Å². The summed E-state index contributed by atoms with van der Waals surface area (Å²) in [4.78, 5) is 12.9. The van der Waals surface area contributed by atoms with Crippen LogP contribution < -0.4 is 23.8 Å². The van der Waals surface area contributed by atoms with Crippen molar-refractivity contribution in [2.45, 2.75) is 24.8 Å². The summed E-state index contributed by atoms with van der Waals surface area (Å²) in [6, 6.07) is 15.9. The summed E-state index contributed by atoms with van der Waals surface area (Å²) in [5.74, 6) is 0.207. The lowest BCUT2D eigenvalue weighted by molar-refractivity contribution is -0.116. The summed E-state index contributed by atoms with van der Waals surface area (Å²) < 4.78 is 64.6. The standard InChI is InChI=1S/C25H29N3O7S2/c1-17-6-10-20(11-7-17)28(36(5,30)31)18(2)25(29)26-19-8-13-22(14-9-19)37(32,33)27-23-15-12-21(34-3)16-24(23)35-4/h6-16,18,27H,1-5H3,(H,26,29)/t18-/m1/s1. The summed E-state index contributed by atoms with van der Waals surface area (Å²) in [6.45, 7) is 3.35. The predicted molar refractivity (Wildman–Crippen MR) is 143 cm³/mol. The van der Waals surface area contributed by atoms with Crippen LogP contribution in [0, 0.1) is 6.92 Å². The molecule has 2 N–H and O–H groups in total. The third-order valence-electron chi connectivity index (χ3n) is 5.46. The number of amides is 1. The number of hydrogen-bond donors (Lipinski definition) is 2. The fourth-order valence-electron chi connectivity index (χ4n) is 3.55. The second-order valence-corrected chi connectivity index (χ2v) is 11.8. The molecule has 3 aromatic carbocycles. The number of aryl methyl sites for hydroxylation is 1. The Morgan fingerprint density at radius 1 is 0.892 bits per heavy atom. The molecule has 0 aliphatic heterocycles. The lowest BCUT2D eigenvalue weighted by Gasteiger charge is -2.28. The monoisotopic (exact) mass is 547 g/mol. The molecule has 10 nitrogen and oxygen atoms in total. The number of sulfonamides is 2. The van der Waals surface area contributed by atoms with Gasteiger partial charge in [0.05, 0.1) is 36.7 Å². The van der Waals surface area contributed by atoms with Crippen LogP contribution >= 0.6 is 0 Å². The predicted octanol–water partition coefficient (Wildman–Crippen LogP) is 3.61. The molecule has 0 bridgehead atoms. The zero-order chi connectivity index (χ0) is 27.4. The Balaban J connectivity index is 1.77. The summed E-state index contributed by atoms with van der Waals surface area (Å²) in [7, 11) is -4.84. The minimum atomic E-state index is -3.97. The van der Waals surface area contributed by atoms with Crippen LogP contribution in [0.2, 0.25) is 0 Å². The Labute approximate surface area is 217 Å². The van der Waals surface area contributed by atoms with Gasteiger partial charge >= 0.3 is 0 Å². The fourth-order valence-corrected chi connectivity index (χ4v) is 5.80. The second-order valence-electron chi connectivity index (χ2n) is 8.26. The van der Waals surface area contributed by atoms with Gasteiger partial charge in [-0.25, -0.2) is 16.8 Å². The van der Waals surface area contributed by atoms with Crippen molar-refractivity contribution >= 4 is 43.0 Å². The van der Waals surface area contributed by atoms with E-state index in [1.807, 2.05) is 6.92 Å². The number of nitrogens with one attached hydrogen (secondary N) is 2. The SMILES string of the molecule is COc1ccc(NS(=O)(=O)c2ccc(NC(=O)[C@@H](C)N(c3ccc(C)cc3)S(C)(=O)=O)cc2)c(OC)c1. The van der Waals surface area contributed by atoms with Gasteiger partial charge in [0.25, 0.3) is 10.0 Å². The van der Waals surface area contributed by atoms with E-state index in [2.05, 4.69) is 10.0 Å². The molecule has 0 saturated heterocycles. The van der Waals surface area contributed by atoms with E-state index in [1.54, 1.807) is 36.4 Å². The minimum absolute atomic E-state index is 0.0474. The van der Waals surface area contributed by atoms with Crippen LogP contribution in [0.4, 0.5) is 17.1 Å². The first-order chi connectivity index (χ1) is 17.4. The molecule has 0 radical (unpaired) electrons. The molecule has 3 rings (SSSR count). The summed E-state index contributed by atoms with van der Waals surface area (Å²) in [5, 5.41) is 2.64. The van der Waals surface area contributed by atoms with Crippen LogP contribution in [0.15, 0.2) is 71.6 Å². The highest BCUT2D eigenvalue weighted by Crippen LogP contribution is 2.31. The van der Waals surface area contributed by atoms with Crippen molar-refractivity contribution in [1.82, 2.24) is 0 Å². The van der Waals surface area contributed by atoms with Crippen molar-refractivity contribution in [2.24, 2.45) is 0 Å². The van der Waals surface area contributed by atoms with Crippen molar-refractivity contribution in [3.8, 4) is 11.5 Å². The van der Waals surface area contributed by atoms with Crippen LogP contribution in [0.3, 0.4) is 0 Å². The quantitative estimate of drug-likeness (QED) is 0.396. The van der Waals surface area contributed by atoms with Crippen molar-refractivity contribution in [1.29, 1.82) is 0 Å². The molecule has 1 atom stereocenters. The number of benzene rings is 3. The van der Waals surface area contributed by atoms with Gasteiger partial charge in [-0.3, -0.25) is 13.8 Å². The first-order valence-electron chi connectivity index (χ1n) is 11.1. The normalized spacial score (nSPS) is 12.4. The van der Waals surface area contributed by atoms with Crippen molar-refractivity contribution in [3.05, 3.63) is 72.3 Å². The lowest BCUT2D eigenvalue weighted by atomic mass is 10.2. The highest BCUT2D eigenvalue weighted by atomic mass is 32.2. The molecular weight excluding hydrogens is 518 g/mol. The van der Waals surface area contributed by atoms with Gasteiger partial charge < -0.3 is 14.8 Å². The lowest BCUT2D eigenvalue weighted by Crippen LogP contribution is -2.45. The van der Waals surface area contributed by atoms with E-state index in [1.165, 1.54) is 51.5 Å². The van der Waals surface area contributed by atoms with Crippen LogP contribution in [-0.2, 0) is 24.8 Å². The van der Waals surface area contributed by atoms with Gasteiger partial charge in [-0.05, 0) is 62.4 Å². The van der Waals surface area contributed by atoms with E-state index in [0.717, 1.165) is 16.1 Å². The topological polar surface area (TPSA) is 131 Å². The number of rotatable bonds is 10. The second kappa shape index (κ2) is 11.1. The van der Waals surface area contributed by atoms with Crippen LogP contribution in [0.1, 0.15) is 12.5 Å². The minimum Gasteiger partial charge on any atom is -0.497 e. The first kappa shape index (κ1) is 27.8. The number of ether oxygens (including phenoxy) is 2. The molecule has 0 heterocycles. The molecule has 3 aromatic rings. The highest BCUT2D eigenvalue weighted by molar-refractivity contribution is 7.92. The Morgan fingerprint density at radius 2 is 1.51 bits per heavy atom. The molecule has 0 spiro atoms. The van der Waals surface area contributed by atoms with E-state index >= 15 is 0 Å². The number of methoxy groups -OCH3 is 2. The Morgan fingerprint density at radius 3 is 2.05 bits per heavy atom. The number of hydrogen-bond acceptors (Lipinski definition) is 7. The molecule has 0 saturated carbocycles. The maximum atomic E-state index is 12.9. The molecule has 0 unspecified atom stereocenters. The molecule has 37 heavy (non-hydrogen) atoms. The first-order valence-corrected chi connectivity index (χ1v) is 14.4. The van der Waals surface area contributed by atoms with Gasteiger partial charge in [-0.2, -0.15) is 0 Å². The van der Waals surface area contributed by atoms with E-state index < -0.39 is 32.0 Å². The number of carbonyl (C=O) groups excluding carboxylic acids is 1. The van der Waals surface area contributed by atoms with Gasteiger partial charge in [0.1, 0.15) is 17.5 Å². The Hall–Kier alpha value is -3.77. The molecule has 0 aliphatic carbocycles. The van der Waals surface area contributed by atoms with Crippen LogP contribution in [0.5, 0.6) is 11.5 Å². The van der Waals surface area contributed by atoms with E-state index in [4.69, 9.17) is 9.47 Å². The fraction of sp³-hybridized carbons (Fsp3) is 0.240. The van der Waals surface area contributed by atoms with Crippen molar-refractivity contribution in [3.63, 3.8) is 0 Å². The van der Waals surface area contributed by atoms with Crippen LogP contribution in [0.25, 0.3) is 0 Å². The number of carbonyl (C=O) groups is 1. The van der Waals surface area contributed by atoms with Gasteiger partial charge in [-0.1, -0.05) is 17.7 Å². The van der Waals surface area contributed by atoms with E-state index in [-0.39, 0.29) is 16.3 Å². The number of nitrogens with zero attached hydrogens (tertiary/aromatic N) is 1. The Bertz CT molecular complexity index is 1470. The molecule has 198 valence electrons. The molecule has 0 fully saturated rings. The van der Waals surface area contributed by atoms with Crippen molar-refractivity contribution in [2.75, 3.05) is 34.8 Å². The summed E-state index contributed by atoms with van der Waals surface area (Å²) >= 11 is 0. The Kier molecular flexibility index (Phi) is 8.34. The molecule has 12 heteroatoms. The molecule has 0 aliphatic rings. The summed E-state index contributed by atoms with van der Waals surface area (Å²) in [5.41, 5.74) is 1.84. The zero-order valence-corrected chi connectivity index (χ0v) is 22.7. The highest BCUT2D eigenvalue weighted by Gasteiger charge is 2.29. The molecule has 1 amide bonds. The largest absolute Gasteiger partial charge is 0.497 e. The van der Waals surface area contributed by atoms with E-state index in [0.29, 0.717) is 17.1 Å². The third kappa shape index (κ3) is 6.71. The average molecular weight is 548 g/mol.